The first kappa shape index (κ1) is 21.8. The summed E-state index contributed by atoms with van der Waals surface area (Å²) in [6.45, 7) is 10.2. The fourth-order valence-corrected chi connectivity index (χ4v) is 2.70. The largest absolute Gasteiger partial charge is 0.480 e. The number of aryl methyl sites for hydroxylation is 2. The molecule has 0 fully saturated rings. The van der Waals surface area contributed by atoms with E-state index in [2.05, 4.69) is 16.2 Å². The van der Waals surface area contributed by atoms with E-state index in [9.17, 15) is 14.4 Å². The predicted octanol–water partition coefficient (Wildman–Crippen LogP) is 2.03. The monoisotopic (exact) mass is 383 g/mol. The number of benzene rings is 1. The summed E-state index contributed by atoms with van der Waals surface area (Å²) in [5.74, 6) is -0.909. The molecule has 0 saturated heterocycles. The van der Waals surface area contributed by atoms with E-state index in [1.54, 1.807) is 32.9 Å². The van der Waals surface area contributed by atoms with E-state index >= 15 is 0 Å². The molecule has 3 amide bonds. The molecule has 0 radical (unpaired) electrons. The summed E-state index contributed by atoms with van der Waals surface area (Å²) in [5.41, 5.74) is 6.26. The number of nitrogens with one attached hydrogen (secondary N) is 3. The third kappa shape index (κ3) is 6.22. The molecule has 0 unspecified atom stereocenters. The number of carbonyl (C=O) groups is 3. The van der Waals surface area contributed by atoms with Gasteiger partial charge in [0.25, 0.3) is 11.8 Å². The van der Waals surface area contributed by atoms with Gasteiger partial charge in [-0.05, 0) is 49.9 Å². The van der Waals surface area contributed by atoms with Crippen LogP contribution in [-0.2, 0) is 14.4 Å². The summed E-state index contributed by atoms with van der Waals surface area (Å²) in [6.07, 6.45) is -0.841. The molecule has 0 heterocycles. The lowest BCUT2D eigenvalue weighted by atomic mass is 10.0. The molecule has 26 heavy (non-hydrogen) atoms. The number of hydrazine groups is 1. The van der Waals surface area contributed by atoms with E-state index in [0.717, 1.165) is 11.1 Å². The molecule has 0 saturated carbocycles. The van der Waals surface area contributed by atoms with Crippen LogP contribution in [-0.4, -0.2) is 29.9 Å². The van der Waals surface area contributed by atoms with E-state index in [0.29, 0.717) is 10.8 Å². The van der Waals surface area contributed by atoms with Crippen molar-refractivity contribution in [3.8, 4) is 5.75 Å². The van der Waals surface area contributed by atoms with Gasteiger partial charge < -0.3 is 10.1 Å². The fraction of sp³-hybridized carbons (Fsp3) is 0.500. The topological polar surface area (TPSA) is 96.5 Å². The van der Waals surface area contributed by atoms with Gasteiger partial charge in [-0.1, -0.05) is 25.4 Å². The molecule has 0 aromatic heterocycles. The minimum absolute atomic E-state index is 0.135. The summed E-state index contributed by atoms with van der Waals surface area (Å²) in [7, 11) is 0. The van der Waals surface area contributed by atoms with Gasteiger partial charge in [0.2, 0.25) is 5.91 Å². The molecule has 7 nitrogen and oxygen atoms in total. The van der Waals surface area contributed by atoms with Gasteiger partial charge in [-0.2, -0.15) is 0 Å². The summed E-state index contributed by atoms with van der Waals surface area (Å²) < 4.78 is 5.71. The minimum atomic E-state index is -0.841. The second-order valence-corrected chi connectivity index (χ2v) is 6.97. The lowest BCUT2D eigenvalue weighted by molar-refractivity contribution is -0.135. The molecule has 1 rings (SSSR count). The van der Waals surface area contributed by atoms with Gasteiger partial charge in [0.15, 0.2) is 6.10 Å². The summed E-state index contributed by atoms with van der Waals surface area (Å²) in [6, 6.07) is 2.75. The number of amides is 3. The first-order valence-corrected chi connectivity index (χ1v) is 8.71. The Hall–Kier alpha value is -2.28. The van der Waals surface area contributed by atoms with Crippen molar-refractivity contribution in [3.63, 3.8) is 0 Å². The zero-order valence-corrected chi connectivity index (χ0v) is 16.7. The maximum absolute atomic E-state index is 12.2. The number of hydrogen-bond donors (Lipinski definition) is 3. The average Bonchev–Trinajstić information content (AvgIpc) is 2.52. The number of carbonyl (C=O) groups excluding carboxylic acids is 3. The van der Waals surface area contributed by atoms with Crippen LogP contribution in [0.25, 0.3) is 0 Å². The van der Waals surface area contributed by atoms with Crippen LogP contribution in [0.3, 0.4) is 0 Å². The Morgan fingerprint density at radius 2 is 1.50 bits per heavy atom. The SMILES string of the molecule is CC(=O)N[C@H](C(=O)NNC(=O)[C@H](C)Oc1c(C)cc(Cl)cc1C)C(C)C. The number of hydrogen-bond acceptors (Lipinski definition) is 4. The average molecular weight is 384 g/mol. The summed E-state index contributed by atoms with van der Waals surface area (Å²) in [5, 5.41) is 3.14. The lowest BCUT2D eigenvalue weighted by Gasteiger charge is -2.22. The molecule has 0 bridgehead atoms. The van der Waals surface area contributed by atoms with E-state index in [1.807, 2.05) is 13.8 Å². The number of rotatable bonds is 6. The van der Waals surface area contributed by atoms with Gasteiger partial charge in [-0.15, -0.1) is 0 Å². The van der Waals surface area contributed by atoms with Gasteiger partial charge in [-0.3, -0.25) is 25.2 Å². The summed E-state index contributed by atoms with van der Waals surface area (Å²) in [4.78, 5) is 35.5. The zero-order chi connectivity index (χ0) is 20.0. The molecular formula is C18H26ClN3O4. The Balaban J connectivity index is 2.67. The standard InChI is InChI=1S/C18H26ClN3O4/c1-9(2)15(20-13(6)23)18(25)22-21-17(24)12(5)26-16-10(3)7-14(19)8-11(16)4/h7-9,12,15H,1-6H3,(H,20,23)(H,21,24)(H,22,25)/t12-,15-/m0/s1. The molecule has 8 heteroatoms. The Bertz CT molecular complexity index is 668. The van der Waals surface area contributed by atoms with Crippen molar-refractivity contribution in [3.05, 3.63) is 28.3 Å². The molecule has 0 spiro atoms. The smallest absolute Gasteiger partial charge is 0.279 e. The van der Waals surface area contributed by atoms with E-state index in [-0.39, 0.29) is 11.8 Å². The minimum Gasteiger partial charge on any atom is -0.480 e. The number of halogens is 1. The lowest BCUT2D eigenvalue weighted by Crippen LogP contribution is -2.55. The van der Waals surface area contributed by atoms with Crippen LogP contribution in [0, 0.1) is 19.8 Å². The molecule has 144 valence electrons. The van der Waals surface area contributed by atoms with Gasteiger partial charge in [0.05, 0.1) is 0 Å². The first-order valence-electron chi connectivity index (χ1n) is 8.33. The molecule has 0 aliphatic rings. The van der Waals surface area contributed by atoms with Crippen molar-refractivity contribution in [2.24, 2.45) is 5.92 Å². The second-order valence-electron chi connectivity index (χ2n) is 6.53. The third-order valence-corrected chi connectivity index (χ3v) is 3.92. The quantitative estimate of drug-likeness (QED) is 0.655. The zero-order valence-electron chi connectivity index (χ0n) is 15.9. The van der Waals surface area contributed by atoms with Crippen molar-refractivity contribution in [1.82, 2.24) is 16.2 Å². The van der Waals surface area contributed by atoms with Crippen LogP contribution < -0.4 is 20.9 Å². The number of ether oxygens (including phenoxy) is 1. The third-order valence-electron chi connectivity index (χ3n) is 3.71. The van der Waals surface area contributed by atoms with Crippen LogP contribution in [0.15, 0.2) is 12.1 Å². The Kier molecular flexibility index (Phi) is 7.89. The Labute approximate surface area is 158 Å². The highest BCUT2D eigenvalue weighted by atomic mass is 35.5. The van der Waals surface area contributed by atoms with Crippen LogP contribution in [0.1, 0.15) is 38.8 Å². The maximum atomic E-state index is 12.2. The van der Waals surface area contributed by atoms with Crippen LogP contribution in [0.2, 0.25) is 5.02 Å². The van der Waals surface area contributed by atoms with Crippen molar-refractivity contribution in [1.29, 1.82) is 0 Å². The van der Waals surface area contributed by atoms with Crippen LogP contribution in [0.5, 0.6) is 5.75 Å². The molecule has 0 aliphatic heterocycles. The molecular weight excluding hydrogens is 358 g/mol. The summed E-state index contributed by atoms with van der Waals surface area (Å²) >= 11 is 5.98. The molecule has 0 aliphatic carbocycles. The highest BCUT2D eigenvalue weighted by Crippen LogP contribution is 2.27. The highest BCUT2D eigenvalue weighted by molar-refractivity contribution is 6.30. The Morgan fingerprint density at radius 3 is 1.96 bits per heavy atom. The fourth-order valence-electron chi connectivity index (χ4n) is 2.37. The van der Waals surface area contributed by atoms with Crippen molar-refractivity contribution < 1.29 is 19.1 Å². The van der Waals surface area contributed by atoms with E-state index < -0.39 is 24.0 Å². The highest BCUT2D eigenvalue weighted by Gasteiger charge is 2.24. The normalized spacial score (nSPS) is 12.9. The molecule has 1 aromatic rings. The van der Waals surface area contributed by atoms with Gasteiger partial charge in [0.1, 0.15) is 11.8 Å². The van der Waals surface area contributed by atoms with Gasteiger partial charge >= 0.3 is 0 Å². The van der Waals surface area contributed by atoms with E-state index in [1.165, 1.54) is 6.92 Å². The Morgan fingerprint density at radius 1 is 1.00 bits per heavy atom. The van der Waals surface area contributed by atoms with Gasteiger partial charge in [0, 0.05) is 11.9 Å². The molecule has 2 atom stereocenters. The van der Waals surface area contributed by atoms with Gasteiger partial charge in [-0.25, -0.2) is 0 Å². The predicted molar refractivity (Wildman–Crippen MR) is 99.7 cm³/mol. The van der Waals surface area contributed by atoms with E-state index in [4.69, 9.17) is 16.3 Å². The molecule has 3 N–H and O–H groups in total. The second kappa shape index (κ2) is 9.43. The van der Waals surface area contributed by atoms with Crippen LogP contribution >= 0.6 is 11.6 Å². The first-order chi connectivity index (χ1) is 12.0. The molecule has 1 aromatic carbocycles. The van der Waals surface area contributed by atoms with Crippen molar-refractivity contribution in [2.45, 2.75) is 53.7 Å². The van der Waals surface area contributed by atoms with Crippen molar-refractivity contribution in [2.75, 3.05) is 0 Å². The van der Waals surface area contributed by atoms with Crippen LogP contribution in [0.4, 0.5) is 0 Å². The van der Waals surface area contributed by atoms with Crippen molar-refractivity contribution >= 4 is 29.3 Å². The maximum Gasteiger partial charge on any atom is 0.279 e.